The van der Waals surface area contributed by atoms with E-state index in [4.69, 9.17) is 4.74 Å². The number of nitrogens with zero attached hydrogens (tertiary/aromatic N) is 3. The summed E-state index contributed by atoms with van der Waals surface area (Å²) in [7, 11) is 1.76. The fourth-order valence-corrected chi connectivity index (χ4v) is 2.23. The number of aryl methyl sites for hydroxylation is 1. The molecule has 0 amide bonds. The first-order valence-electron chi connectivity index (χ1n) is 7.58. The Morgan fingerprint density at radius 3 is 2.74 bits per heavy atom. The van der Waals surface area contributed by atoms with Gasteiger partial charge in [0.15, 0.2) is 5.96 Å². The van der Waals surface area contributed by atoms with Gasteiger partial charge < -0.3 is 15.4 Å². The first kappa shape index (κ1) is 17.3. The summed E-state index contributed by atoms with van der Waals surface area (Å²) in [6, 6.07) is 9.73. The Morgan fingerprint density at radius 2 is 2.04 bits per heavy atom. The van der Waals surface area contributed by atoms with Crippen LogP contribution in [0, 0.1) is 0 Å². The van der Waals surface area contributed by atoms with E-state index in [1.807, 2.05) is 41.2 Å². The Hall–Kier alpha value is -2.02. The second-order valence-corrected chi connectivity index (χ2v) is 5.77. The van der Waals surface area contributed by atoms with E-state index in [1.165, 1.54) is 0 Å². The van der Waals surface area contributed by atoms with Gasteiger partial charge in [-0.3, -0.25) is 9.67 Å². The maximum atomic E-state index is 5.65. The van der Waals surface area contributed by atoms with Crippen LogP contribution in [-0.2, 0) is 6.54 Å². The molecule has 0 bridgehead atoms. The minimum atomic E-state index is 0.579. The summed E-state index contributed by atoms with van der Waals surface area (Å²) in [5.41, 5.74) is 0. The van der Waals surface area contributed by atoms with Gasteiger partial charge in [-0.2, -0.15) is 5.10 Å². The number of hydrogen-bond donors (Lipinski definition) is 2. The Kier molecular flexibility index (Phi) is 7.45. The number of nitrogens with one attached hydrogen (secondary N) is 2. The molecule has 0 spiro atoms. The van der Waals surface area contributed by atoms with Gasteiger partial charge in [0.1, 0.15) is 12.4 Å². The number of halogens is 1. The molecule has 0 saturated heterocycles. The van der Waals surface area contributed by atoms with Crippen molar-refractivity contribution >= 4 is 21.9 Å². The Bertz CT molecular complexity index is 583. The summed E-state index contributed by atoms with van der Waals surface area (Å²) in [6.07, 6.45) is 4.74. The van der Waals surface area contributed by atoms with E-state index in [0.717, 1.165) is 35.7 Å². The molecule has 124 valence electrons. The normalized spacial score (nSPS) is 11.3. The quantitative estimate of drug-likeness (QED) is 0.419. The van der Waals surface area contributed by atoms with Gasteiger partial charge in [0.2, 0.25) is 0 Å². The summed E-state index contributed by atoms with van der Waals surface area (Å²) < 4.78 is 8.62. The molecule has 1 heterocycles. The molecule has 1 aromatic heterocycles. The second-order valence-electron chi connectivity index (χ2n) is 4.85. The zero-order chi connectivity index (χ0) is 16.3. The van der Waals surface area contributed by atoms with Crippen LogP contribution in [0.5, 0.6) is 5.75 Å². The number of benzene rings is 1. The fourth-order valence-electron chi connectivity index (χ4n) is 1.97. The lowest BCUT2D eigenvalue weighted by Gasteiger charge is -2.12. The maximum absolute atomic E-state index is 5.65. The molecule has 0 radical (unpaired) electrons. The molecule has 2 rings (SSSR count). The van der Waals surface area contributed by atoms with E-state index in [1.54, 1.807) is 13.2 Å². The second kappa shape index (κ2) is 9.89. The average molecular weight is 380 g/mol. The van der Waals surface area contributed by atoms with Crippen LogP contribution in [0.1, 0.15) is 6.42 Å². The first-order valence-corrected chi connectivity index (χ1v) is 8.37. The van der Waals surface area contributed by atoms with Crippen molar-refractivity contribution in [3.8, 4) is 5.75 Å². The summed E-state index contributed by atoms with van der Waals surface area (Å²) in [4.78, 5) is 4.19. The van der Waals surface area contributed by atoms with Gasteiger partial charge >= 0.3 is 0 Å². The molecular weight excluding hydrogens is 358 g/mol. The van der Waals surface area contributed by atoms with E-state index in [9.17, 15) is 0 Å². The molecule has 0 aliphatic heterocycles. The van der Waals surface area contributed by atoms with Crippen LogP contribution in [0.4, 0.5) is 0 Å². The summed E-state index contributed by atoms with van der Waals surface area (Å²) >= 11 is 3.40. The first-order chi connectivity index (χ1) is 11.3. The molecule has 0 fully saturated rings. The number of rotatable bonds is 8. The van der Waals surface area contributed by atoms with E-state index < -0.39 is 0 Å². The molecule has 0 unspecified atom stereocenters. The van der Waals surface area contributed by atoms with Gasteiger partial charge in [-0.15, -0.1) is 0 Å². The summed E-state index contributed by atoms with van der Waals surface area (Å²) in [5, 5.41) is 10.7. The van der Waals surface area contributed by atoms with Gasteiger partial charge in [0, 0.05) is 37.0 Å². The van der Waals surface area contributed by atoms with Gasteiger partial charge in [0.25, 0.3) is 0 Å². The SMILES string of the molecule is CN=C(NCCCn1cccn1)NCCOc1ccc(Br)cc1. The van der Waals surface area contributed by atoms with E-state index >= 15 is 0 Å². The lowest BCUT2D eigenvalue weighted by molar-refractivity contribution is 0.322. The topological polar surface area (TPSA) is 63.5 Å². The highest BCUT2D eigenvalue weighted by atomic mass is 79.9. The van der Waals surface area contributed by atoms with Gasteiger partial charge in [0.05, 0.1) is 6.54 Å². The van der Waals surface area contributed by atoms with Crippen molar-refractivity contribution in [2.24, 2.45) is 4.99 Å². The van der Waals surface area contributed by atoms with Crippen LogP contribution in [-0.4, -0.2) is 42.5 Å². The summed E-state index contributed by atoms with van der Waals surface area (Å²) in [6.45, 7) is 3.00. The van der Waals surface area contributed by atoms with Crippen molar-refractivity contribution in [1.29, 1.82) is 0 Å². The van der Waals surface area contributed by atoms with E-state index in [-0.39, 0.29) is 0 Å². The largest absolute Gasteiger partial charge is 0.492 e. The number of ether oxygens (including phenoxy) is 1. The van der Waals surface area contributed by atoms with Crippen molar-refractivity contribution in [2.75, 3.05) is 26.7 Å². The number of guanidine groups is 1. The molecule has 2 aromatic rings. The predicted octanol–water partition coefficient (Wildman–Crippen LogP) is 2.28. The molecule has 6 nitrogen and oxygen atoms in total. The molecule has 7 heteroatoms. The average Bonchev–Trinajstić information content (AvgIpc) is 3.08. The van der Waals surface area contributed by atoms with Crippen LogP contribution in [0.15, 0.2) is 52.2 Å². The maximum Gasteiger partial charge on any atom is 0.191 e. The third-order valence-corrected chi connectivity index (χ3v) is 3.64. The van der Waals surface area contributed by atoms with Crippen molar-refractivity contribution in [3.63, 3.8) is 0 Å². The van der Waals surface area contributed by atoms with E-state index in [0.29, 0.717) is 13.2 Å². The van der Waals surface area contributed by atoms with Crippen LogP contribution in [0.2, 0.25) is 0 Å². The minimum absolute atomic E-state index is 0.579. The van der Waals surface area contributed by atoms with Gasteiger partial charge in [-0.25, -0.2) is 0 Å². The highest BCUT2D eigenvalue weighted by Gasteiger charge is 1.98. The Morgan fingerprint density at radius 1 is 1.26 bits per heavy atom. The van der Waals surface area contributed by atoms with Crippen molar-refractivity contribution in [2.45, 2.75) is 13.0 Å². The molecule has 0 saturated carbocycles. The fraction of sp³-hybridized carbons (Fsp3) is 0.375. The lowest BCUT2D eigenvalue weighted by atomic mass is 10.3. The standard InChI is InChI=1S/C16H22BrN5O/c1-18-16(19-8-2-11-22-12-3-9-21-22)20-10-13-23-15-6-4-14(17)5-7-15/h3-7,9,12H,2,8,10-11,13H2,1H3,(H2,18,19,20). The minimum Gasteiger partial charge on any atom is -0.492 e. The van der Waals surface area contributed by atoms with Crippen molar-refractivity contribution in [1.82, 2.24) is 20.4 Å². The zero-order valence-corrected chi connectivity index (χ0v) is 14.8. The molecule has 0 aliphatic carbocycles. The highest BCUT2D eigenvalue weighted by molar-refractivity contribution is 9.10. The monoisotopic (exact) mass is 379 g/mol. The number of aliphatic imine (C=N–C) groups is 1. The number of aromatic nitrogens is 2. The van der Waals surface area contributed by atoms with Crippen LogP contribution in [0.25, 0.3) is 0 Å². The molecule has 2 N–H and O–H groups in total. The van der Waals surface area contributed by atoms with Crippen LogP contribution in [0.3, 0.4) is 0 Å². The molecular formula is C16H22BrN5O. The highest BCUT2D eigenvalue weighted by Crippen LogP contribution is 2.15. The third kappa shape index (κ3) is 6.73. The Balaban J connectivity index is 1.56. The third-order valence-electron chi connectivity index (χ3n) is 3.12. The smallest absolute Gasteiger partial charge is 0.191 e. The number of hydrogen-bond acceptors (Lipinski definition) is 3. The Labute approximate surface area is 145 Å². The van der Waals surface area contributed by atoms with Crippen LogP contribution < -0.4 is 15.4 Å². The van der Waals surface area contributed by atoms with E-state index in [2.05, 4.69) is 36.7 Å². The summed E-state index contributed by atoms with van der Waals surface area (Å²) in [5.74, 6) is 1.64. The molecule has 0 atom stereocenters. The molecule has 1 aromatic carbocycles. The molecule has 23 heavy (non-hydrogen) atoms. The zero-order valence-electron chi connectivity index (χ0n) is 13.2. The van der Waals surface area contributed by atoms with Crippen molar-refractivity contribution < 1.29 is 4.74 Å². The van der Waals surface area contributed by atoms with Gasteiger partial charge in [-0.05, 0) is 36.8 Å². The molecule has 0 aliphatic rings. The van der Waals surface area contributed by atoms with Gasteiger partial charge in [-0.1, -0.05) is 15.9 Å². The van der Waals surface area contributed by atoms with Crippen LogP contribution >= 0.6 is 15.9 Å². The predicted molar refractivity (Wildman–Crippen MR) is 95.8 cm³/mol. The van der Waals surface area contributed by atoms with Crippen molar-refractivity contribution in [3.05, 3.63) is 47.2 Å². The lowest BCUT2D eigenvalue weighted by Crippen LogP contribution is -2.39.